The molecule has 0 spiro atoms. The maximum atomic E-state index is 12.9. The highest BCUT2D eigenvalue weighted by Crippen LogP contribution is 2.51. The molecule has 4 nitrogen and oxygen atoms in total. The molecule has 2 aromatic rings. The van der Waals surface area contributed by atoms with E-state index in [2.05, 4.69) is 20.8 Å². The highest BCUT2D eigenvalue weighted by Gasteiger charge is 2.41. The summed E-state index contributed by atoms with van der Waals surface area (Å²) in [4.78, 5) is 12.9. The van der Waals surface area contributed by atoms with Crippen LogP contribution in [0.25, 0.3) is 11.2 Å². The minimum atomic E-state index is -0.275. The molecule has 0 saturated heterocycles. The number of esters is 1. The van der Waals surface area contributed by atoms with E-state index >= 15 is 0 Å². The van der Waals surface area contributed by atoms with Gasteiger partial charge < -0.3 is 13.9 Å². The third kappa shape index (κ3) is 2.57. The van der Waals surface area contributed by atoms with Crippen molar-refractivity contribution >= 4 is 17.1 Å². The van der Waals surface area contributed by atoms with Crippen molar-refractivity contribution in [3.63, 3.8) is 0 Å². The molecule has 1 aliphatic heterocycles. The van der Waals surface area contributed by atoms with Crippen molar-refractivity contribution in [3.05, 3.63) is 22.8 Å². The van der Waals surface area contributed by atoms with Crippen molar-refractivity contribution in [1.82, 2.24) is 0 Å². The quantitative estimate of drug-likeness (QED) is 0.596. The molecule has 0 radical (unpaired) electrons. The molecule has 2 unspecified atom stereocenters. The number of fused-ring (bicyclic) bond motifs is 5. The molecular formula is C21H28O4. The zero-order chi connectivity index (χ0) is 17.6. The smallest absolute Gasteiger partial charge is 0.342 e. The molecule has 2 aliphatic rings. The van der Waals surface area contributed by atoms with E-state index in [4.69, 9.17) is 13.9 Å². The van der Waals surface area contributed by atoms with Crippen LogP contribution in [0.3, 0.4) is 0 Å². The van der Waals surface area contributed by atoms with Gasteiger partial charge in [0.05, 0.1) is 12.2 Å². The minimum Gasteiger partial charge on any atom is -0.456 e. The first kappa shape index (κ1) is 16.9. The summed E-state index contributed by atoms with van der Waals surface area (Å²) >= 11 is 0. The summed E-state index contributed by atoms with van der Waals surface area (Å²) in [6, 6.07) is 1.87. The molecular weight excluding hydrogens is 316 g/mol. The lowest BCUT2D eigenvalue weighted by atomic mass is 9.96. The van der Waals surface area contributed by atoms with Gasteiger partial charge in [0.15, 0.2) is 0 Å². The summed E-state index contributed by atoms with van der Waals surface area (Å²) in [7, 11) is 0. The SMILES string of the molecule is CCCC1OC(CC)c2c1c1cc(C(=O)OC3(CC)CCCC3)c2o1. The molecule has 1 aliphatic carbocycles. The Kier molecular flexibility index (Phi) is 4.27. The molecule has 2 atom stereocenters. The van der Waals surface area contributed by atoms with Gasteiger partial charge in [-0.2, -0.15) is 0 Å². The second-order valence-corrected chi connectivity index (χ2v) is 7.62. The van der Waals surface area contributed by atoms with E-state index in [0.29, 0.717) is 11.1 Å². The maximum absolute atomic E-state index is 12.9. The molecule has 4 heteroatoms. The second-order valence-electron chi connectivity index (χ2n) is 7.62. The number of carbonyl (C=O) groups is 1. The predicted octanol–water partition coefficient (Wildman–Crippen LogP) is 6.07. The molecule has 4 rings (SSSR count). The standard InChI is InChI=1S/C21H28O4/c1-4-9-15-17-16-12-13(19(24-16)18(17)14(5-2)23-15)20(22)25-21(6-3)10-7-8-11-21/h12,14-15H,4-11H2,1-3H3. The van der Waals surface area contributed by atoms with Gasteiger partial charge in [-0.15, -0.1) is 0 Å². The zero-order valence-electron chi connectivity index (χ0n) is 15.5. The Morgan fingerprint density at radius 2 is 1.96 bits per heavy atom. The summed E-state index contributed by atoms with van der Waals surface area (Å²) in [6.07, 6.45) is 8.19. The molecule has 25 heavy (non-hydrogen) atoms. The number of hydrogen-bond acceptors (Lipinski definition) is 4. The van der Waals surface area contributed by atoms with Crippen LogP contribution < -0.4 is 0 Å². The Balaban J connectivity index is 1.66. The number of furan rings is 2. The minimum absolute atomic E-state index is 0.0298. The van der Waals surface area contributed by atoms with Gasteiger partial charge in [0.2, 0.25) is 0 Å². The van der Waals surface area contributed by atoms with Crippen molar-refractivity contribution < 1.29 is 18.7 Å². The Bertz CT molecular complexity index is 753. The topological polar surface area (TPSA) is 48.7 Å². The number of rotatable bonds is 6. The molecule has 1 fully saturated rings. The molecule has 2 bridgehead atoms. The van der Waals surface area contributed by atoms with E-state index in [1.807, 2.05) is 6.07 Å². The predicted molar refractivity (Wildman–Crippen MR) is 96.1 cm³/mol. The van der Waals surface area contributed by atoms with Crippen molar-refractivity contribution in [3.8, 4) is 0 Å². The van der Waals surface area contributed by atoms with Crippen LogP contribution in [0.15, 0.2) is 10.5 Å². The van der Waals surface area contributed by atoms with Crippen molar-refractivity contribution in [2.45, 2.75) is 89.9 Å². The van der Waals surface area contributed by atoms with Crippen LogP contribution in [0.5, 0.6) is 0 Å². The fourth-order valence-corrected chi connectivity index (χ4v) is 4.69. The van der Waals surface area contributed by atoms with E-state index in [9.17, 15) is 4.79 Å². The summed E-state index contributed by atoms with van der Waals surface area (Å²) < 4.78 is 18.2. The van der Waals surface area contributed by atoms with Gasteiger partial charge in [-0.3, -0.25) is 0 Å². The molecule has 136 valence electrons. The maximum Gasteiger partial charge on any atom is 0.342 e. The van der Waals surface area contributed by atoms with E-state index in [0.717, 1.165) is 62.5 Å². The van der Waals surface area contributed by atoms with Gasteiger partial charge in [-0.25, -0.2) is 4.79 Å². The fraction of sp³-hybridized carbons (Fsp3) is 0.667. The average molecular weight is 344 g/mol. The summed E-state index contributed by atoms with van der Waals surface area (Å²) in [6.45, 7) is 6.40. The number of ether oxygens (including phenoxy) is 2. The third-order valence-electron chi connectivity index (χ3n) is 6.11. The van der Waals surface area contributed by atoms with Gasteiger partial charge in [0, 0.05) is 11.1 Å². The number of benzene rings is 1. The van der Waals surface area contributed by atoms with Crippen LogP contribution in [-0.4, -0.2) is 11.6 Å². The molecule has 1 saturated carbocycles. The van der Waals surface area contributed by atoms with E-state index < -0.39 is 0 Å². The van der Waals surface area contributed by atoms with Crippen molar-refractivity contribution in [2.75, 3.05) is 0 Å². The van der Waals surface area contributed by atoms with Gasteiger partial charge >= 0.3 is 5.97 Å². The fourth-order valence-electron chi connectivity index (χ4n) is 4.69. The summed E-state index contributed by atoms with van der Waals surface area (Å²) in [5, 5.41) is 0. The number of carbonyl (C=O) groups excluding carboxylic acids is 1. The van der Waals surface area contributed by atoms with E-state index in [1.165, 1.54) is 5.56 Å². The molecule has 0 amide bonds. The average Bonchev–Trinajstić information content (AvgIpc) is 3.36. The van der Waals surface area contributed by atoms with Crippen molar-refractivity contribution in [1.29, 1.82) is 0 Å². The van der Waals surface area contributed by atoms with Crippen LogP contribution in [-0.2, 0) is 9.47 Å². The van der Waals surface area contributed by atoms with Crippen LogP contribution in [0.4, 0.5) is 0 Å². The zero-order valence-corrected chi connectivity index (χ0v) is 15.5. The van der Waals surface area contributed by atoms with Gasteiger partial charge in [-0.1, -0.05) is 27.2 Å². The number of hydrogen-bond donors (Lipinski definition) is 0. The van der Waals surface area contributed by atoms with Crippen LogP contribution in [0.2, 0.25) is 0 Å². The van der Waals surface area contributed by atoms with Gasteiger partial charge in [-0.05, 0) is 51.0 Å². The Morgan fingerprint density at radius 1 is 1.20 bits per heavy atom. The first-order valence-electron chi connectivity index (χ1n) is 9.90. The lowest BCUT2D eigenvalue weighted by Gasteiger charge is -2.27. The monoisotopic (exact) mass is 344 g/mol. The largest absolute Gasteiger partial charge is 0.456 e. The molecule has 0 aromatic carbocycles. The van der Waals surface area contributed by atoms with Gasteiger partial charge in [0.25, 0.3) is 0 Å². The third-order valence-corrected chi connectivity index (χ3v) is 6.11. The van der Waals surface area contributed by atoms with E-state index in [-0.39, 0.29) is 23.8 Å². The Labute approximate surface area is 149 Å². The highest BCUT2D eigenvalue weighted by atomic mass is 16.6. The molecule has 3 heterocycles. The lowest BCUT2D eigenvalue weighted by molar-refractivity contribution is -0.0170. The Morgan fingerprint density at radius 3 is 2.60 bits per heavy atom. The van der Waals surface area contributed by atoms with Crippen LogP contribution in [0.1, 0.15) is 106 Å². The summed E-state index contributed by atoms with van der Waals surface area (Å²) in [5.41, 5.74) is 4.10. The van der Waals surface area contributed by atoms with Crippen LogP contribution >= 0.6 is 0 Å². The first-order chi connectivity index (χ1) is 12.1. The van der Waals surface area contributed by atoms with Gasteiger partial charge in [0.1, 0.15) is 22.3 Å². The molecule has 0 N–H and O–H groups in total. The van der Waals surface area contributed by atoms with Crippen molar-refractivity contribution in [2.24, 2.45) is 0 Å². The van der Waals surface area contributed by atoms with Crippen LogP contribution in [0, 0.1) is 0 Å². The lowest BCUT2D eigenvalue weighted by Crippen LogP contribution is -2.31. The highest BCUT2D eigenvalue weighted by molar-refractivity contribution is 6.02. The first-order valence-corrected chi connectivity index (χ1v) is 9.90. The molecule has 2 aromatic heterocycles. The second kappa shape index (κ2) is 6.31. The normalized spacial score (nSPS) is 24.9. The Hall–Kier alpha value is -1.55. The summed E-state index contributed by atoms with van der Waals surface area (Å²) in [5.74, 6) is -0.228. The van der Waals surface area contributed by atoms with E-state index in [1.54, 1.807) is 0 Å².